The maximum Gasteiger partial charge on any atom is 0.237 e. The van der Waals surface area contributed by atoms with E-state index in [4.69, 9.17) is 4.42 Å². The van der Waals surface area contributed by atoms with Crippen LogP contribution in [0.25, 0.3) is 11.6 Å². The van der Waals surface area contributed by atoms with Crippen LogP contribution in [0, 0.1) is 17.5 Å². The zero-order valence-corrected chi connectivity index (χ0v) is 17.6. The van der Waals surface area contributed by atoms with Gasteiger partial charge in [-0.25, -0.2) is 13.2 Å². The van der Waals surface area contributed by atoms with Crippen LogP contribution >= 0.6 is 11.8 Å². The van der Waals surface area contributed by atoms with Crippen LogP contribution in [0.5, 0.6) is 0 Å². The van der Waals surface area contributed by atoms with Crippen molar-refractivity contribution in [2.75, 3.05) is 5.32 Å². The summed E-state index contributed by atoms with van der Waals surface area (Å²) in [6.45, 7) is 2.02. The standard InChI is InChI=1S/C22H17F3N4O2S/c1-13(21(30)26-16-10-9-15(23)18(24)19(16)25)32-22-28-27-20(17-8-5-11-31-17)29(22)12-14-6-3-2-4-7-14/h2-11,13H,12H2,1H3,(H,26,30). The number of carbonyl (C=O) groups is 1. The van der Waals surface area contributed by atoms with Gasteiger partial charge in [-0.05, 0) is 36.8 Å². The molecule has 4 aromatic rings. The maximum absolute atomic E-state index is 13.9. The summed E-state index contributed by atoms with van der Waals surface area (Å²) >= 11 is 1.09. The quantitative estimate of drug-likeness (QED) is 0.307. The third-order valence-electron chi connectivity index (χ3n) is 4.59. The highest BCUT2D eigenvalue weighted by molar-refractivity contribution is 8.00. The van der Waals surface area contributed by atoms with Crippen LogP contribution in [0.15, 0.2) is 70.4 Å². The molecule has 2 aromatic carbocycles. The van der Waals surface area contributed by atoms with E-state index in [1.807, 2.05) is 30.3 Å². The monoisotopic (exact) mass is 458 g/mol. The largest absolute Gasteiger partial charge is 0.461 e. The molecule has 0 aliphatic carbocycles. The lowest BCUT2D eigenvalue weighted by Gasteiger charge is -2.14. The summed E-state index contributed by atoms with van der Waals surface area (Å²) in [5.74, 6) is -4.03. The van der Waals surface area contributed by atoms with Crippen LogP contribution in [0.4, 0.5) is 18.9 Å². The lowest BCUT2D eigenvalue weighted by molar-refractivity contribution is -0.115. The highest BCUT2D eigenvalue weighted by atomic mass is 32.2. The molecule has 1 unspecified atom stereocenters. The molecule has 164 valence electrons. The van der Waals surface area contributed by atoms with Crippen molar-refractivity contribution in [3.63, 3.8) is 0 Å². The van der Waals surface area contributed by atoms with Gasteiger partial charge in [-0.15, -0.1) is 10.2 Å². The normalized spacial score (nSPS) is 12.0. The summed E-state index contributed by atoms with van der Waals surface area (Å²) < 4.78 is 47.7. The molecule has 0 fully saturated rings. The molecule has 4 rings (SSSR count). The minimum Gasteiger partial charge on any atom is -0.461 e. The van der Waals surface area contributed by atoms with Crippen molar-refractivity contribution in [3.8, 4) is 11.6 Å². The van der Waals surface area contributed by atoms with E-state index in [1.54, 1.807) is 23.6 Å². The van der Waals surface area contributed by atoms with Crippen molar-refractivity contribution in [2.24, 2.45) is 0 Å². The molecule has 1 atom stereocenters. The summed E-state index contributed by atoms with van der Waals surface area (Å²) in [5.41, 5.74) is 0.547. The first-order valence-electron chi connectivity index (χ1n) is 9.56. The van der Waals surface area contributed by atoms with Gasteiger partial charge in [-0.2, -0.15) is 0 Å². The van der Waals surface area contributed by atoms with Gasteiger partial charge in [-0.1, -0.05) is 42.1 Å². The molecular weight excluding hydrogens is 441 g/mol. The van der Waals surface area contributed by atoms with Crippen molar-refractivity contribution < 1.29 is 22.4 Å². The highest BCUT2D eigenvalue weighted by Crippen LogP contribution is 2.29. The summed E-state index contributed by atoms with van der Waals surface area (Å²) in [6, 6.07) is 14.8. The first-order chi connectivity index (χ1) is 15.4. The first kappa shape index (κ1) is 21.7. The first-order valence-corrected chi connectivity index (χ1v) is 10.4. The van der Waals surface area contributed by atoms with Crippen LogP contribution in [0.1, 0.15) is 12.5 Å². The lowest BCUT2D eigenvalue weighted by Crippen LogP contribution is -2.24. The number of amides is 1. The molecule has 0 bridgehead atoms. The van der Waals surface area contributed by atoms with Gasteiger partial charge in [0.05, 0.1) is 23.7 Å². The van der Waals surface area contributed by atoms with E-state index < -0.39 is 34.3 Å². The predicted octanol–water partition coefficient (Wildman–Crippen LogP) is 5.12. The number of thioether (sulfide) groups is 1. The Morgan fingerprint density at radius 3 is 2.56 bits per heavy atom. The Morgan fingerprint density at radius 1 is 1.06 bits per heavy atom. The minimum atomic E-state index is -1.64. The number of carbonyl (C=O) groups excluding carboxylic acids is 1. The van der Waals surface area contributed by atoms with E-state index in [9.17, 15) is 18.0 Å². The SMILES string of the molecule is CC(Sc1nnc(-c2ccco2)n1Cc1ccccc1)C(=O)Nc1ccc(F)c(F)c1F. The summed E-state index contributed by atoms with van der Waals surface area (Å²) in [6.07, 6.45) is 1.52. The molecule has 2 heterocycles. The Kier molecular flexibility index (Phi) is 6.31. The number of furan rings is 1. The van der Waals surface area contributed by atoms with Crippen molar-refractivity contribution in [1.82, 2.24) is 14.8 Å². The fourth-order valence-electron chi connectivity index (χ4n) is 2.94. The van der Waals surface area contributed by atoms with Crippen molar-refractivity contribution in [2.45, 2.75) is 23.9 Å². The van der Waals surface area contributed by atoms with E-state index in [0.717, 1.165) is 29.5 Å². The molecule has 10 heteroatoms. The average molecular weight is 458 g/mol. The van der Waals surface area contributed by atoms with Crippen molar-refractivity contribution in [1.29, 1.82) is 0 Å². The molecule has 0 radical (unpaired) electrons. The smallest absolute Gasteiger partial charge is 0.237 e. The molecule has 0 aliphatic rings. The van der Waals surface area contributed by atoms with Gasteiger partial charge in [-0.3, -0.25) is 9.36 Å². The molecule has 6 nitrogen and oxygen atoms in total. The summed E-state index contributed by atoms with van der Waals surface area (Å²) in [4.78, 5) is 12.6. The van der Waals surface area contributed by atoms with Crippen molar-refractivity contribution in [3.05, 3.63) is 83.9 Å². The van der Waals surface area contributed by atoms with Gasteiger partial charge in [0, 0.05) is 0 Å². The van der Waals surface area contributed by atoms with Crippen LogP contribution in [-0.2, 0) is 11.3 Å². The van der Waals surface area contributed by atoms with Gasteiger partial charge in [0.25, 0.3) is 0 Å². The predicted molar refractivity (Wildman–Crippen MR) is 114 cm³/mol. The molecule has 0 spiro atoms. The van der Waals surface area contributed by atoms with E-state index in [2.05, 4.69) is 15.5 Å². The average Bonchev–Trinajstić information content (AvgIpc) is 3.45. The Bertz CT molecular complexity index is 1230. The fourth-order valence-corrected chi connectivity index (χ4v) is 3.79. The van der Waals surface area contributed by atoms with Gasteiger partial charge in [0.15, 0.2) is 28.4 Å². The van der Waals surface area contributed by atoms with Gasteiger partial charge < -0.3 is 9.73 Å². The Labute approximate surface area is 185 Å². The second kappa shape index (κ2) is 9.31. The number of halogens is 3. The Hall–Kier alpha value is -3.53. The minimum absolute atomic E-state index is 0.429. The summed E-state index contributed by atoms with van der Waals surface area (Å²) in [5, 5.41) is 10.4. The van der Waals surface area contributed by atoms with E-state index in [-0.39, 0.29) is 0 Å². The lowest BCUT2D eigenvalue weighted by atomic mass is 10.2. The number of nitrogens with one attached hydrogen (secondary N) is 1. The Balaban J connectivity index is 1.57. The molecule has 32 heavy (non-hydrogen) atoms. The number of anilines is 1. The molecule has 2 aromatic heterocycles. The zero-order chi connectivity index (χ0) is 22.7. The number of rotatable bonds is 7. The van der Waals surface area contributed by atoms with Gasteiger partial charge >= 0.3 is 0 Å². The molecule has 1 N–H and O–H groups in total. The van der Waals surface area contributed by atoms with Crippen molar-refractivity contribution >= 4 is 23.4 Å². The van der Waals surface area contributed by atoms with Gasteiger partial charge in [0.2, 0.25) is 11.7 Å². The molecule has 1 amide bonds. The van der Waals surface area contributed by atoms with Crippen LogP contribution in [-0.4, -0.2) is 25.9 Å². The van der Waals surface area contributed by atoms with Gasteiger partial charge in [0.1, 0.15) is 0 Å². The number of benzene rings is 2. The van der Waals surface area contributed by atoms with Crippen LogP contribution in [0.2, 0.25) is 0 Å². The second-order valence-corrected chi connectivity index (χ2v) is 8.14. The molecule has 0 aliphatic heterocycles. The topological polar surface area (TPSA) is 73.0 Å². The summed E-state index contributed by atoms with van der Waals surface area (Å²) in [7, 11) is 0. The Morgan fingerprint density at radius 2 is 1.84 bits per heavy atom. The number of aromatic nitrogens is 3. The second-order valence-electron chi connectivity index (χ2n) is 6.83. The fraction of sp³-hybridized carbons (Fsp3) is 0.136. The third-order valence-corrected chi connectivity index (χ3v) is 5.67. The van der Waals surface area contributed by atoms with Crippen LogP contribution < -0.4 is 5.32 Å². The highest BCUT2D eigenvalue weighted by Gasteiger charge is 2.23. The molecule has 0 saturated carbocycles. The van der Waals surface area contributed by atoms with E-state index in [1.165, 1.54) is 6.26 Å². The maximum atomic E-state index is 13.9. The third kappa shape index (κ3) is 4.54. The van der Waals surface area contributed by atoms with Crippen LogP contribution in [0.3, 0.4) is 0 Å². The zero-order valence-electron chi connectivity index (χ0n) is 16.8. The molecular formula is C22H17F3N4O2S. The number of nitrogens with zero attached hydrogens (tertiary/aromatic N) is 3. The van der Waals surface area contributed by atoms with E-state index >= 15 is 0 Å². The van der Waals surface area contributed by atoms with E-state index in [0.29, 0.717) is 23.3 Å². The number of hydrogen-bond donors (Lipinski definition) is 1. The number of hydrogen-bond acceptors (Lipinski definition) is 5. The molecule has 0 saturated heterocycles.